The first-order valence-corrected chi connectivity index (χ1v) is 17.4. The van der Waals surface area contributed by atoms with Crippen molar-refractivity contribution in [1.82, 2.24) is 4.90 Å². The predicted molar refractivity (Wildman–Crippen MR) is 185 cm³/mol. The highest BCUT2D eigenvalue weighted by molar-refractivity contribution is 6.04. The Kier molecular flexibility index (Phi) is 20.3. The Bertz CT molecular complexity index is 1370. The minimum atomic E-state index is -0.751. The summed E-state index contributed by atoms with van der Waals surface area (Å²) in [7, 11) is 3.09. The predicted octanol–water partition coefficient (Wildman–Crippen LogP) is 6.07. The fraction of sp³-hybridized carbons (Fsp3) is 0.513. The van der Waals surface area contributed by atoms with E-state index in [0.29, 0.717) is 23.9 Å². The quantitative estimate of drug-likeness (QED) is 0.0701. The number of carbonyl (C=O) groups is 2. The molecule has 264 valence electrons. The van der Waals surface area contributed by atoms with Crippen molar-refractivity contribution < 1.29 is 57.1 Å². The number of carbonyl (C=O) groups excluding carboxylic acids is 2. The Morgan fingerprint density at radius 2 is 1.35 bits per heavy atom. The molecule has 0 N–H and O–H groups in total. The topological polar surface area (TPSA) is 78.2 Å². The number of aryl methyl sites for hydroxylation is 1. The zero-order valence-electron chi connectivity index (χ0n) is 29.4. The molecule has 3 rings (SSSR count). The van der Waals surface area contributed by atoms with Gasteiger partial charge in [-0.3, -0.25) is 4.79 Å². The number of amides is 2. The summed E-state index contributed by atoms with van der Waals surface area (Å²) in [6.07, 6.45) is 18.7. The molecule has 3 aromatic rings. The molecule has 0 unspecified atom stereocenters. The molecule has 0 aliphatic carbocycles. The van der Waals surface area contributed by atoms with Gasteiger partial charge in [0.1, 0.15) is 18.9 Å². The lowest BCUT2D eigenvalue weighted by Gasteiger charge is -2.21. The zero-order chi connectivity index (χ0) is 33.7. The average Bonchev–Trinajstić information content (AvgIpc) is 3.11. The smallest absolute Gasteiger partial charge is 0.417 e. The molecular formula is C39H55IN2O6. The van der Waals surface area contributed by atoms with Crippen LogP contribution in [0.1, 0.15) is 112 Å². The third-order valence-electron chi connectivity index (χ3n) is 8.27. The molecule has 0 saturated heterocycles. The summed E-state index contributed by atoms with van der Waals surface area (Å²) in [5.74, 6) is 1.12. The van der Waals surface area contributed by atoms with Gasteiger partial charge in [0.15, 0.2) is 23.9 Å². The lowest BCUT2D eigenvalue weighted by molar-refractivity contribution is -0.694. The third kappa shape index (κ3) is 14.0. The highest BCUT2D eigenvalue weighted by Crippen LogP contribution is 2.29. The number of benzene rings is 2. The first-order valence-electron chi connectivity index (χ1n) is 17.4. The van der Waals surface area contributed by atoms with E-state index in [4.69, 9.17) is 18.9 Å². The Morgan fingerprint density at radius 3 is 2.00 bits per heavy atom. The Morgan fingerprint density at radius 1 is 0.708 bits per heavy atom. The molecule has 0 aliphatic heterocycles. The molecule has 0 fully saturated rings. The van der Waals surface area contributed by atoms with Gasteiger partial charge in [0, 0.05) is 11.6 Å². The fourth-order valence-electron chi connectivity index (χ4n) is 5.50. The number of rotatable bonds is 22. The SMILES string of the molecule is CCCCCCCCCCCCCCOc1ccc(COC(=O)N(Cc2ccc[n+](CC)c2)C(=O)c2ccccc2OC)cc1OC.[I-]. The third-order valence-corrected chi connectivity index (χ3v) is 8.27. The van der Waals surface area contributed by atoms with Crippen LogP contribution >= 0.6 is 0 Å². The number of methoxy groups -OCH3 is 2. The lowest BCUT2D eigenvalue weighted by atomic mass is 10.1. The Hall–Kier alpha value is -3.34. The first-order chi connectivity index (χ1) is 23.0. The van der Waals surface area contributed by atoms with Gasteiger partial charge in [-0.05, 0) is 49.2 Å². The molecule has 1 aromatic heterocycles. The maximum Gasteiger partial charge on any atom is 0.417 e. The van der Waals surface area contributed by atoms with E-state index in [2.05, 4.69) is 6.92 Å². The Balaban J connectivity index is 0.00000800. The summed E-state index contributed by atoms with van der Waals surface area (Å²) in [5.41, 5.74) is 1.80. The van der Waals surface area contributed by atoms with Crippen molar-refractivity contribution >= 4 is 12.0 Å². The van der Waals surface area contributed by atoms with Gasteiger partial charge in [0.2, 0.25) is 0 Å². The van der Waals surface area contributed by atoms with Crippen LogP contribution in [0, 0.1) is 0 Å². The van der Waals surface area contributed by atoms with Gasteiger partial charge in [0.05, 0.1) is 32.9 Å². The van der Waals surface area contributed by atoms with Crippen LogP contribution in [0.3, 0.4) is 0 Å². The minimum Gasteiger partial charge on any atom is -1.00 e. The van der Waals surface area contributed by atoms with Crippen LogP contribution < -0.4 is 42.8 Å². The average molecular weight is 775 g/mol. The monoisotopic (exact) mass is 774 g/mol. The number of hydrogen-bond donors (Lipinski definition) is 0. The van der Waals surface area contributed by atoms with E-state index in [9.17, 15) is 9.59 Å². The van der Waals surface area contributed by atoms with Crippen LogP contribution in [-0.4, -0.2) is 37.7 Å². The molecule has 1 heterocycles. The molecule has 2 aromatic carbocycles. The van der Waals surface area contributed by atoms with Gasteiger partial charge in [-0.15, -0.1) is 0 Å². The minimum absolute atomic E-state index is 0. The second kappa shape index (κ2) is 23.9. The molecule has 8 nitrogen and oxygen atoms in total. The Labute approximate surface area is 305 Å². The molecule has 0 spiro atoms. The number of nitrogens with zero attached hydrogens (tertiary/aromatic N) is 2. The second-order valence-corrected chi connectivity index (χ2v) is 11.9. The number of halogens is 1. The molecule has 0 atom stereocenters. The van der Waals surface area contributed by atoms with Crippen molar-refractivity contribution in [1.29, 1.82) is 0 Å². The molecule has 0 radical (unpaired) electrons. The van der Waals surface area contributed by atoms with Crippen LogP contribution in [-0.2, 0) is 24.4 Å². The number of para-hydroxylation sites is 1. The van der Waals surface area contributed by atoms with E-state index < -0.39 is 12.0 Å². The maximum atomic E-state index is 13.6. The summed E-state index contributed by atoms with van der Waals surface area (Å²) in [4.78, 5) is 28.2. The molecule has 0 saturated carbocycles. The molecule has 48 heavy (non-hydrogen) atoms. The van der Waals surface area contributed by atoms with Crippen molar-refractivity contribution in [3.63, 3.8) is 0 Å². The van der Waals surface area contributed by atoms with Crippen molar-refractivity contribution in [3.8, 4) is 17.2 Å². The highest BCUT2D eigenvalue weighted by atomic mass is 127. The van der Waals surface area contributed by atoms with Crippen molar-refractivity contribution in [2.24, 2.45) is 0 Å². The van der Waals surface area contributed by atoms with E-state index in [1.807, 2.05) is 48.1 Å². The van der Waals surface area contributed by atoms with E-state index in [1.165, 1.54) is 71.3 Å². The number of hydrogen-bond acceptors (Lipinski definition) is 6. The number of unbranched alkanes of at least 4 members (excludes halogenated alkanes) is 11. The second-order valence-electron chi connectivity index (χ2n) is 11.9. The largest absolute Gasteiger partial charge is 1.00 e. The van der Waals surface area contributed by atoms with E-state index in [1.54, 1.807) is 37.4 Å². The summed E-state index contributed by atoms with van der Waals surface area (Å²) < 4.78 is 24.7. The molecule has 0 aliphatic rings. The van der Waals surface area contributed by atoms with Crippen LogP contribution in [0.4, 0.5) is 4.79 Å². The normalized spacial score (nSPS) is 10.6. The van der Waals surface area contributed by atoms with E-state index in [0.717, 1.165) is 35.4 Å². The van der Waals surface area contributed by atoms with Gasteiger partial charge in [-0.1, -0.05) is 95.8 Å². The van der Waals surface area contributed by atoms with Gasteiger partial charge >= 0.3 is 6.09 Å². The lowest BCUT2D eigenvalue weighted by Crippen LogP contribution is -3.00. The van der Waals surface area contributed by atoms with Gasteiger partial charge < -0.3 is 42.9 Å². The van der Waals surface area contributed by atoms with Crippen LogP contribution in [0.25, 0.3) is 0 Å². The maximum absolute atomic E-state index is 13.6. The van der Waals surface area contributed by atoms with Gasteiger partial charge in [-0.25, -0.2) is 14.3 Å². The standard InChI is InChI=1S/C39H55N2O6.HI/c1-5-7-8-9-10-11-12-13-14-15-16-19-27-46-36-25-24-32(28-37(36)45-4)31-47-39(43)41(30-33-21-20-26-40(6-2)29-33)38(42)34-22-17-18-23-35(34)44-3;/h17-18,20-26,28-29H,5-16,19,27,30-31H2,1-4H3;1H/q+1;/p-1. The number of ether oxygens (including phenoxy) is 4. The number of pyridine rings is 1. The van der Waals surface area contributed by atoms with Gasteiger partial charge in [0.25, 0.3) is 5.91 Å². The molecule has 9 heteroatoms. The summed E-state index contributed by atoms with van der Waals surface area (Å²) in [6.45, 7) is 5.69. The molecular weight excluding hydrogens is 719 g/mol. The molecule has 2 amide bonds. The fourth-order valence-corrected chi connectivity index (χ4v) is 5.50. The van der Waals surface area contributed by atoms with Crippen LogP contribution in [0.15, 0.2) is 67.0 Å². The highest BCUT2D eigenvalue weighted by Gasteiger charge is 2.28. The first kappa shape index (κ1) is 40.8. The summed E-state index contributed by atoms with van der Waals surface area (Å²) in [5, 5.41) is 0. The van der Waals surface area contributed by atoms with E-state index in [-0.39, 0.29) is 42.7 Å². The zero-order valence-corrected chi connectivity index (χ0v) is 31.5. The summed E-state index contributed by atoms with van der Waals surface area (Å²) >= 11 is 0. The van der Waals surface area contributed by atoms with Gasteiger partial charge in [-0.2, -0.15) is 0 Å². The number of aromatic nitrogens is 1. The number of imide groups is 1. The van der Waals surface area contributed by atoms with Crippen molar-refractivity contribution in [2.45, 2.75) is 111 Å². The summed E-state index contributed by atoms with van der Waals surface area (Å²) in [6, 6.07) is 16.1. The van der Waals surface area contributed by atoms with Crippen molar-refractivity contribution in [3.05, 3.63) is 83.7 Å². The molecule has 0 bridgehead atoms. The van der Waals surface area contributed by atoms with Crippen LogP contribution in [0.2, 0.25) is 0 Å². The van der Waals surface area contributed by atoms with E-state index >= 15 is 0 Å². The van der Waals surface area contributed by atoms with Crippen molar-refractivity contribution in [2.75, 3.05) is 20.8 Å². The van der Waals surface area contributed by atoms with Crippen LogP contribution in [0.5, 0.6) is 17.2 Å².